The third-order valence-electron chi connectivity index (χ3n) is 2.75. The molecule has 4 nitrogen and oxygen atoms in total. The number of benzene rings is 1. The minimum Gasteiger partial charge on any atom is -0.236 e. The fraction of sp³-hybridized carbons (Fsp3) is 0.188. The minimum atomic E-state index is -3.81. The van der Waals surface area contributed by atoms with Gasteiger partial charge in [-0.3, -0.25) is 0 Å². The molecule has 2 aromatic rings. The van der Waals surface area contributed by atoms with Crippen LogP contribution in [0, 0.1) is 11.6 Å². The molecule has 0 aliphatic rings. The normalized spacial score (nSPS) is 11.5. The predicted octanol–water partition coefficient (Wildman–Crippen LogP) is 3.88. The van der Waals surface area contributed by atoms with Crippen molar-refractivity contribution in [2.45, 2.75) is 24.5 Å². The number of halogens is 1. The maximum Gasteiger partial charge on any atom is 0.276 e. The highest BCUT2D eigenvalue weighted by atomic mass is 79.9. The fourth-order valence-electron chi connectivity index (χ4n) is 1.67. The first kappa shape index (κ1) is 17.7. The van der Waals surface area contributed by atoms with Crippen LogP contribution in [0.4, 0.5) is 5.82 Å². The lowest BCUT2D eigenvalue weighted by Gasteiger charge is -2.18. The minimum absolute atomic E-state index is 0.183. The second-order valence-corrected chi connectivity index (χ2v) is 13.3. The van der Waals surface area contributed by atoms with Gasteiger partial charge in [-0.15, -0.1) is 5.54 Å². The van der Waals surface area contributed by atoms with E-state index in [4.69, 9.17) is 0 Å². The lowest BCUT2D eigenvalue weighted by Crippen LogP contribution is -2.29. The highest BCUT2D eigenvalue weighted by molar-refractivity contribution is 9.10. The highest BCUT2D eigenvalue weighted by Gasteiger charge is 2.26. The Morgan fingerprint density at radius 1 is 1.09 bits per heavy atom. The van der Waals surface area contributed by atoms with Gasteiger partial charge in [-0.05, 0) is 40.2 Å². The maximum absolute atomic E-state index is 13.0. The van der Waals surface area contributed by atoms with Gasteiger partial charge >= 0.3 is 0 Å². The van der Waals surface area contributed by atoms with E-state index in [2.05, 4.69) is 52.1 Å². The number of aromatic nitrogens is 1. The largest absolute Gasteiger partial charge is 0.276 e. The fourth-order valence-corrected chi connectivity index (χ4v) is 4.00. The van der Waals surface area contributed by atoms with Gasteiger partial charge in [-0.25, -0.2) is 13.4 Å². The summed E-state index contributed by atoms with van der Waals surface area (Å²) in [5, 5.41) is 0. The van der Waals surface area contributed by atoms with Crippen LogP contribution >= 0.6 is 15.9 Å². The Bertz CT molecular complexity index is 853. The van der Waals surface area contributed by atoms with E-state index in [1.165, 1.54) is 0 Å². The quantitative estimate of drug-likeness (QED) is 0.439. The van der Waals surface area contributed by atoms with Crippen molar-refractivity contribution in [3.63, 3.8) is 0 Å². The van der Waals surface area contributed by atoms with Crippen molar-refractivity contribution >= 4 is 39.8 Å². The molecular formula is C16H17BrN2O2SSi. The van der Waals surface area contributed by atoms with Gasteiger partial charge in [0.05, 0.1) is 9.37 Å². The zero-order valence-corrected chi connectivity index (χ0v) is 16.5. The van der Waals surface area contributed by atoms with Crippen molar-refractivity contribution in [1.82, 2.24) is 4.98 Å². The van der Waals surface area contributed by atoms with E-state index in [1.807, 2.05) is 0 Å². The Kier molecular flexibility index (Phi) is 5.29. The summed E-state index contributed by atoms with van der Waals surface area (Å²) in [5.74, 6) is 0.266. The van der Waals surface area contributed by atoms with Crippen LogP contribution in [0.15, 0.2) is 58.0 Å². The van der Waals surface area contributed by atoms with E-state index in [0.29, 0.717) is 4.47 Å². The summed E-state index contributed by atoms with van der Waals surface area (Å²) in [4.78, 5) is 4.37. The molecule has 0 fully saturated rings. The molecule has 0 bridgehead atoms. The second kappa shape index (κ2) is 6.87. The molecule has 1 aromatic carbocycles. The molecule has 0 saturated heterocycles. The van der Waals surface area contributed by atoms with Crippen LogP contribution in [0.1, 0.15) is 0 Å². The Hall–Kier alpha value is -1.62. The van der Waals surface area contributed by atoms with Crippen LogP contribution in [0.5, 0.6) is 0 Å². The average Bonchev–Trinajstić information content (AvgIpc) is 2.49. The van der Waals surface area contributed by atoms with Crippen LogP contribution in [-0.4, -0.2) is 21.5 Å². The molecule has 0 atom stereocenters. The zero-order chi connectivity index (χ0) is 17.1. The molecule has 0 spiro atoms. The molecule has 0 N–H and O–H groups in total. The van der Waals surface area contributed by atoms with Crippen molar-refractivity contribution < 1.29 is 8.42 Å². The number of rotatable bonds is 3. The van der Waals surface area contributed by atoms with Gasteiger partial charge in [0.25, 0.3) is 10.0 Å². The SMILES string of the molecule is C[Si](C)(C)C#CN(c1ncccc1Br)S(=O)(=O)c1ccccc1. The molecule has 0 amide bonds. The van der Waals surface area contributed by atoms with Gasteiger partial charge in [-0.1, -0.05) is 37.8 Å². The van der Waals surface area contributed by atoms with Crippen LogP contribution in [0.2, 0.25) is 19.6 Å². The third-order valence-corrected chi connectivity index (χ3v) is 5.84. The molecule has 0 unspecified atom stereocenters. The van der Waals surface area contributed by atoms with Crippen molar-refractivity contribution in [3.05, 3.63) is 53.1 Å². The first-order chi connectivity index (χ1) is 10.7. The summed E-state index contributed by atoms with van der Waals surface area (Å²) < 4.78 is 27.6. The standard InChI is InChI=1S/C16H17BrN2O2SSi/c1-23(2,3)13-12-19(16-15(17)10-7-11-18-16)22(20,21)14-8-5-4-6-9-14/h4-11H,1-3H3. The van der Waals surface area contributed by atoms with Crippen LogP contribution < -0.4 is 4.31 Å². The first-order valence-electron chi connectivity index (χ1n) is 6.95. The Morgan fingerprint density at radius 3 is 2.30 bits per heavy atom. The number of hydrogen-bond acceptors (Lipinski definition) is 3. The summed E-state index contributed by atoms with van der Waals surface area (Å²) in [5.41, 5.74) is 3.10. The maximum atomic E-state index is 13.0. The summed E-state index contributed by atoms with van der Waals surface area (Å²) in [7, 11) is -5.57. The molecule has 0 saturated carbocycles. The van der Waals surface area contributed by atoms with Gasteiger partial charge in [-0.2, -0.15) is 4.31 Å². The van der Waals surface area contributed by atoms with Crippen molar-refractivity contribution in [1.29, 1.82) is 0 Å². The van der Waals surface area contributed by atoms with Gasteiger partial charge in [0.1, 0.15) is 8.07 Å². The van der Waals surface area contributed by atoms with E-state index in [-0.39, 0.29) is 10.7 Å². The summed E-state index contributed by atoms with van der Waals surface area (Å²) in [6.07, 6.45) is 1.55. The van der Waals surface area contributed by atoms with Gasteiger partial charge < -0.3 is 0 Å². The predicted molar refractivity (Wildman–Crippen MR) is 99.2 cm³/mol. The van der Waals surface area contributed by atoms with Crippen molar-refractivity contribution in [3.8, 4) is 11.6 Å². The monoisotopic (exact) mass is 408 g/mol. The summed E-state index contributed by atoms with van der Waals surface area (Å²) >= 11 is 3.36. The Balaban J connectivity index is 2.63. The van der Waals surface area contributed by atoms with E-state index in [1.54, 1.807) is 48.7 Å². The molecule has 23 heavy (non-hydrogen) atoms. The zero-order valence-electron chi connectivity index (χ0n) is 13.1. The molecule has 0 aliphatic heterocycles. The molecular weight excluding hydrogens is 392 g/mol. The highest BCUT2D eigenvalue weighted by Crippen LogP contribution is 2.27. The molecule has 2 rings (SSSR count). The molecule has 0 radical (unpaired) electrons. The molecule has 7 heteroatoms. The van der Waals surface area contributed by atoms with Gasteiger partial charge in [0, 0.05) is 12.2 Å². The number of sulfonamides is 1. The summed E-state index contributed by atoms with van der Waals surface area (Å²) in [6.45, 7) is 6.17. The number of pyridine rings is 1. The van der Waals surface area contributed by atoms with E-state index >= 15 is 0 Å². The van der Waals surface area contributed by atoms with E-state index in [0.717, 1.165) is 4.31 Å². The average molecular weight is 409 g/mol. The topological polar surface area (TPSA) is 50.3 Å². The van der Waals surface area contributed by atoms with Crippen molar-refractivity contribution in [2.24, 2.45) is 0 Å². The molecule has 1 aromatic heterocycles. The van der Waals surface area contributed by atoms with Crippen molar-refractivity contribution in [2.75, 3.05) is 4.31 Å². The molecule has 0 aliphatic carbocycles. The van der Waals surface area contributed by atoms with Crippen LogP contribution in [0.3, 0.4) is 0 Å². The van der Waals surface area contributed by atoms with E-state index < -0.39 is 18.1 Å². The number of nitrogens with zero attached hydrogens (tertiary/aromatic N) is 2. The molecule has 1 heterocycles. The molecule has 120 valence electrons. The van der Waals surface area contributed by atoms with Crippen LogP contribution in [-0.2, 0) is 10.0 Å². The summed E-state index contributed by atoms with van der Waals surface area (Å²) in [6, 6.07) is 14.5. The number of anilines is 1. The third kappa shape index (κ3) is 4.44. The lowest BCUT2D eigenvalue weighted by molar-refractivity contribution is 0.596. The van der Waals surface area contributed by atoms with Gasteiger partial charge in [0.2, 0.25) is 0 Å². The Labute approximate surface area is 146 Å². The lowest BCUT2D eigenvalue weighted by atomic mass is 10.4. The number of hydrogen-bond donors (Lipinski definition) is 0. The van der Waals surface area contributed by atoms with Crippen LogP contribution in [0.25, 0.3) is 0 Å². The second-order valence-electron chi connectivity index (χ2n) is 5.88. The first-order valence-corrected chi connectivity index (χ1v) is 12.7. The Morgan fingerprint density at radius 2 is 1.74 bits per heavy atom. The van der Waals surface area contributed by atoms with Gasteiger partial charge in [0.15, 0.2) is 5.82 Å². The van der Waals surface area contributed by atoms with E-state index in [9.17, 15) is 8.42 Å². The smallest absolute Gasteiger partial charge is 0.236 e.